The molecule has 8 heteroatoms. The van der Waals surface area contributed by atoms with Gasteiger partial charge in [-0.3, -0.25) is 10.1 Å². The van der Waals surface area contributed by atoms with Gasteiger partial charge in [-0.15, -0.1) is 0 Å². The first-order valence-corrected chi connectivity index (χ1v) is 10.6. The Kier molecular flexibility index (Phi) is 6.39. The maximum Gasteiger partial charge on any atom is 0.264 e. The summed E-state index contributed by atoms with van der Waals surface area (Å²) in [6.07, 6.45) is 0. The summed E-state index contributed by atoms with van der Waals surface area (Å²) in [5.41, 5.74) is 4.84. The van der Waals surface area contributed by atoms with Crippen molar-refractivity contribution in [1.29, 1.82) is 0 Å². The number of benzene rings is 3. The number of rotatable bonds is 5. The van der Waals surface area contributed by atoms with Gasteiger partial charge in [-0.05, 0) is 79.7 Å². The minimum Gasteiger partial charge on any atom is -0.483 e. The van der Waals surface area contributed by atoms with Crippen molar-refractivity contribution in [3.8, 4) is 17.2 Å². The van der Waals surface area contributed by atoms with Crippen LogP contribution < -0.4 is 15.4 Å². The molecule has 0 saturated carbocycles. The first-order chi connectivity index (χ1) is 15.4. The molecule has 0 unspecified atom stereocenters. The summed E-state index contributed by atoms with van der Waals surface area (Å²) in [6.45, 7) is 3.62. The van der Waals surface area contributed by atoms with Crippen LogP contribution in [0.15, 0.2) is 65.1 Å². The molecule has 0 aliphatic heterocycles. The molecule has 0 spiro atoms. The van der Waals surface area contributed by atoms with E-state index in [0.29, 0.717) is 16.7 Å². The Morgan fingerprint density at radius 2 is 1.91 bits per heavy atom. The Labute approximate surface area is 195 Å². The molecule has 1 heterocycles. The molecule has 162 valence electrons. The lowest BCUT2D eigenvalue weighted by molar-refractivity contribution is -0.121. The molecule has 0 fully saturated rings. The molecule has 0 bridgehead atoms. The number of thiocarbonyl (C=S) groups is 1. The number of halogens is 1. The summed E-state index contributed by atoms with van der Waals surface area (Å²) in [5, 5.41) is 6.47. The number of nitrogens with zero attached hydrogens (tertiary/aromatic N) is 1. The number of ether oxygens (including phenoxy) is 1. The SMILES string of the molecule is Cc1ccc(-c2nc3ccccc3o2)cc1NC(=S)NC(=O)COc1ccc(Cl)cc1C. The molecule has 4 aromatic rings. The Bertz CT molecular complexity index is 1290. The van der Waals surface area contributed by atoms with Gasteiger partial charge < -0.3 is 14.5 Å². The Morgan fingerprint density at radius 3 is 2.69 bits per heavy atom. The zero-order valence-corrected chi connectivity index (χ0v) is 19.0. The quantitative estimate of drug-likeness (QED) is 0.370. The minimum atomic E-state index is -0.371. The molecule has 0 aliphatic carbocycles. The van der Waals surface area contributed by atoms with Gasteiger partial charge in [0.2, 0.25) is 5.89 Å². The number of anilines is 1. The van der Waals surface area contributed by atoms with Crippen LogP contribution in [0, 0.1) is 13.8 Å². The van der Waals surface area contributed by atoms with Crippen molar-refractivity contribution in [2.75, 3.05) is 11.9 Å². The van der Waals surface area contributed by atoms with Crippen molar-refractivity contribution in [1.82, 2.24) is 10.3 Å². The molecular weight excluding hydrogens is 446 g/mol. The summed E-state index contributed by atoms with van der Waals surface area (Å²) in [6, 6.07) is 18.5. The zero-order valence-electron chi connectivity index (χ0n) is 17.4. The van der Waals surface area contributed by atoms with E-state index < -0.39 is 0 Å². The van der Waals surface area contributed by atoms with Gasteiger partial charge in [-0.25, -0.2) is 4.98 Å². The number of aryl methyl sites for hydroxylation is 2. The van der Waals surface area contributed by atoms with Gasteiger partial charge in [0.25, 0.3) is 5.91 Å². The molecule has 0 saturated heterocycles. The van der Waals surface area contributed by atoms with E-state index in [4.69, 9.17) is 33.0 Å². The van der Waals surface area contributed by atoms with Crippen LogP contribution in [-0.2, 0) is 4.79 Å². The highest BCUT2D eigenvalue weighted by atomic mass is 35.5. The van der Waals surface area contributed by atoms with E-state index in [1.165, 1.54) is 0 Å². The first-order valence-electron chi connectivity index (χ1n) is 9.85. The topological polar surface area (TPSA) is 76.4 Å². The third kappa shape index (κ3) is 5.07. The molecule has 1 amide bonds. The van der Waals surface area contributed by atoms with Crippen molar-refractivity contribution in [3.05, 3.63) is 76.8 Å². The molecular formula is C24H20ClN3O3S. The fourth-order valence-electron chi connectivity index (χ4n) is 3.12. The van der Waals surface area contributed by atoms with Gasteiger partial charge in [0.05, 0.1) is 0 Å². The Balaban J connectivity index is 1.40. The highest BCUT2D eigenvalue weighted by Gasteiger charge is 2.12. The van der Waals surface area contributed by atoms with Crippen LogP contribution in [0.4, 0.5) is 5.69 Å². The number of aromatic nitrogens is 1. The summed E-state index contributed by atoms with van der Waals surface area (Å²) >= 11 is 11.2. The van der Waals surface area contributed by atoms with Crippen molar-refractivity contribution in [2.45, 2.75) is 13.8 Å². The summed E-state index contributed by atoms with van der Waals surface area (Å²) < 4.78 is 11.4. The average molecular weight is 466 g/mol. The van der Waals surface area contributed by atoms with E-state index in [1.807, 2.05) is 56.3 Å². The maximum absolute atomic E-state index is 12.3. The van der Waals surface area contributed by atoms with E-state index in [2.05, 4.69) is 15.6 Å². The predicted molar refractivity (Wildman–Crippen MR) is 130 cm³/mol. The van der Waals surface area contributed by atoms with Crippen molar-refractivity contribution in [3.63, 3.8) is 0 Å². The van der Waals surface area contributed by atoms with Gasteiger partial charge >= 0.3 is 0 Å². The monoisotopic (exact) mass is 465 g/mol. The van der Waals surface area contributed by atoms with Crippen LogP contribution in [0.3, 0.4) is 0 Å². The third-order valence-corrected chi connectivity index (χ3v) is 5.21. The summed E-state index contributed by atoms with van der Waals surface area (Å²) in [4.78, 5) is 16.8. The number of fused-ring (bicyclic) bond motifs is 1. The second kappa shape index (κ2) is 9.38. The van der Waals surface area contributed by atoms with E-state index in [-0.39, 0.29) is 17.6 Å². The lowest BCUT2D eigenvalue weighted by Crippen LogP contribution is -2.37. The number of hydrogen-bond donors (Lipinski definition) is 2. The number of para-hydroxylation sites is 2. The number of amides is 1. The first kappa shape index (κ1) is 21.8. The average Bonchev–Trinajstić information content (AvgIpc) is 3.19. The molecule has 1 aromatic heterocycles. The number of nitrogens with one attached hydrogen (secondary N) is 2. The molecule has 32 heavy (non-hydrogen) atoms. The van der Waals surface area contributed by atoms with Crippen molar-refractivity contribution < 1.29 is 13.9 Å². The number of hydrogen-bond acceptors (Lipinski definition) is 5. The van der Waals surface area contributed by atoms with E-state index in [9.17, 15) is 4.79 Å². The van der Waals surface area contributed by atoms with Crippen LogP contribution >= 0.6 is 23.8 Å². The van der Waals surface area contributed by atoms with Crippen LogP contribution in [0.1, 0.15) is 11.1 Å². The largest absolute Gasteiger partial charge is 0.483 e. The van der Waals surface area contributed by atoms with Crippen LogP contribution in [0.25, 0.3) is 22.6 Å². The molecule has 6 nitrogen and oxygen atoms in total. The molecule has 2 N–H and O–H groups in total. The van der Waals surface area contributed by atoms with E-state index in [1.54, 1.807) is 18.2 Å². The smallest absolute Gasteiger partial charge is 0.264 e. The van der Waals surface area contributed by atoms with Crippen molar-refractivity contribution in [2.24, 2.45) is 0 Å². The zero-order chi connectivity index (χ0) is 22.7. The molecule has 3 aromatic carbocycles. The lowest BCUT2D eigenvalue weighted by Gasteiger charge is -2.13. The highest BCUT2D eigenvalue weighted by molar-refractivity contribution is 7.80. The van der Waals surface area contributed by atoms with Gasteiger partial charge in [0, 0.05) is 16.3 Å². The van der Waals surface area contributed by atoms with E-state index in [0.717, 1.165) is 33.5 Å². The summed E-state index contributed by atoms with van der Waals surface area (Å²) in [5.74, 6) is 0.728. The molecule has 0 aliphatic rings. The number of carbonyl (C=O) groups is 1. The normalized spacial score (nSPS) is 10.7. The molecule has 0 radical (unpaired) electrons. The fraction of sp³-hybridized carbons (Fsp3) is 0.125. The van der Waals surface area contributed by atoms with Crippen molar-refractivity contribution >= 4 is 51.6 Å². The second-order valence-corrected chi connectivity index (χ2v) is 8.06. The van der Waals surface area contributed by atoms with Crippen LogP contribution in [0.5, 0.6) is 5.75 Å². The predicted octanol–water partition coefficient (Wildman–Crippen LogP) is 5.66. The minimum absolute atomic E-state index is 0.171. The third-order valence-electron chi connectivity index (χ3n) is 4.78. The maximum atomic E-state index is 12.3. The van der Waals surface area contributed by atoms with Crippen LogP contribution in [-0.4, -0.2) is 22.6 Å². The second-order valence-electron chi connectivity index (χ2n) is 7.22. The molecule has 4 rings (SSSR count). The van der Waals surface area contributed by atoms with Gasteiger partial charge in [0.15, 0.2) is 17.3 Å². The van der Waals surface area contributed by atoms with Gasteiger partial charge in [-0.2, -0.15) is 0 Å². The van der Waals surface area contributed by atoms with Gasteiger partial charge in [-0.1, -0.05) is 29.8 Å². The van der Waals surface area contributed by atoms with E-state index >= 15 is 0 Å². The van der Waals surface area contributed by atoms with Gasteiger partial charge in [0.1, 0.15) is 11.3 Å². The summed E-state index contributed by atoms with van der Waals surface area (Å²) in [7, 11) is 0. The van der Waals surface area contributed by atoms with Crippen LogP contribution in [0.2, 0.25) is 5.02 Å². The highest BCUT2D eigenvalue weighted by Crippen LogP contribution is 2.28. The lowest BCUT2D eigenvalue weighted by atomic mass is 10.1. The Hall–Kier alpha value is -3.42. The molecule has 0 atom stereocenters. The number of oxazole rings is 1. The Morgan fingerprint density at radius 1 is 1.09 bits per heavy atom. The standard InChI is InChI=1S/C24H20ClN3O3S/c1-14-7-8-16(23-26-18-5-3-4-6-21(18)31-23)12-19(14)27-24(32)28-22(29)13-30-20-10-9-17(25)11-15(20)2/h3-12H,13H2,1-2H3,(H2,27,28,29,32). The fourth-order valence-corrected chi connectivity index (χ4v) is 3.57. The number of carbonyl (C=O) groups excluding carboxylic acids is 1.